The number of nitrogens with one attached hydrogen (secondary N) is 1. The van der Waals surface area contributed by atoms with Crippen LogP contribution in [-0.2, 0) is 0 Å². The van der Waals surface area contributed by atoms with Crippen LogP contribution in [0.1, 0.15) is 48.4 Å². The van der Waals surface area contributed by atoms with Crippen molar-refractivity contribution in [3.63, 3.8) is 0 Å². The van der Waals surface area contributed by atoms with Crippen molar-refractivity contribution in [1.82, 2.24) is 0 Å². The van der Waals surface area contributed by atoms with Gasteiger partial charge in [-0.3, -0.25) is 9.59 Å². The van der Waals surface area contributed by atoms with Crippen LogP contribution in [-0.4, -0.2) is 17.1 Å². The number of Topliss-reactive ketones (excluding diaryl/α,β-unsaturated/α-hetero) is 2. The van der Waals surface area contributed by atoms with Gasteiger partial charge >= 0.3 is 0 Å². The summed E-state index contributed by atoms with van der Waals surface area (Å²) in [5.74, 6) is 0.421. The van der Waals surface area contributed by atoms with Gasteiger partial charge in [-0.15, -0.1) is 0 Å². The molecular formula is C20H22BrNO2. The first-order chi connectivity index (χ1) is 11.2. The molecule has 0 saturated heterocycles. The third-order valence-corrected chi connectivity index (χ3v) is 4.54. The fourth-order valence-corrected chi connectivity index (χ4v) is 2.97. The van der Waals surface area contributed by atoms with Crippen molar-refractivity contribution < 1.29 is 9.59 Å². The third kappa shape index (κ3) is 3.93. The maximum atomic E-state index is 11.7. The van der Waals surface area contributed by atoms with Gasteiger partial charge in [0.25, 0.3) is 0 Å². The van der Waals surface area contributed by atoms with E-state index in [4.69, 9.17) is 0 Å². The van der Waals surface area contributed by atoms with Crippen LogP contribution >= 0.6 is 15.9 Å². The minimum Gasteiger partial charge on any atom is -0.372 e. The van der Waals surface area contributed by atoms with Crippen LogP contribution in [0.15, 0.2) is 53.0 Å². The molecule has 4 heteroatoms. The van der Waals surface area contributed by atoms with E-state index < -0.39 is 5.54 Å². The molecule has 2 aromatic rings. The average Bonchev–Trinajstić information content (AvgIpc) is 2.77. The molecule has 3 nitrogen and oxygen atoms in total. The molecule has 24 heavy (non-hydrogen) atoms. The van der Waals surface area contributed by atoms with E-state index in [1.54, 1.807) is 0 Å². The number of anilines is 1. The Morgan fingerprint density at radius 2 is 1.62 bits per heavy atom. The van der Waals surface area contributed by atoms with Gasteiger partial charge in [0.1, 0.15) is 0 Å². The lowest BCUT2D eigenvalue weighted by Gasteiger charge is -2.15. The Bertz CT molecular complexity index is 760. The fraction of sp³-hybridized carbons (Fsp3) is 0.300. The van der Waals surface area contributed by atoms with E-state index in [1.807, 2.05) is 76.2 Å². The largest absolute Gasteiger partial charge is 0.372 e. The van der Waals surface area contributed by atoms with Gasteiger partial charge in [0, 0.05) is 27.2 Å². The third-order valence-electron chi connectivity index (χ3n) is 3.85. The Hall–Kier alpha value is -1.94. The smallest absolute Gasteiger partial charge is 0.189 e. The molecule has 0 aliphatic carbocycles. The van der Waals surface area contributed by atoms with Crippen LogP contribution in [0, 0.1) is 5.92 Å². The van der Waals surface area contributed by atoms with Gasteiger partial charge < -0.3 is 5.32 Å². The highest BCUT2D eigenvalue weighted by Gasteiger charge is 2.36. The molecule has 0 radical (unpaired) electrons. The molecule has 3 rings (SSSR count). The summed E-state index contributed by atoms with van der Waals surface area (Å²) in [5, 5.41) is 3.17. The molecule has 1 aliphatic heterocycles. The monoisotopic (exact) mass is 387 g/mol. The minimum absolute atomic E-state index is 0.0590. The normalized spacial score (nSPS) is 14.5. The van der Waals surface area contributed by atoms with Crippen molar-refractivity contribution in [3.05, 3.63) is 64.1 Å². The molecule has 0 fully saturated rings. The van der Waals surface area contributed by atoms with Crippen LogP contribution in [0.25, 0.3) is 0 Å². The summed E-state index contributed by atoms with van der Waals surface area (Å²) in [6.07, 6.45) is 0. The fourth-order valence-electron chi connectivity index (χ4n) is 2.49. The van der Waals surface area contributed by atoms with Crippen molar-refractivity contribution >= 4 is 33.2 Å². The van der Waals surface area contributed by atoms with Gasteiger partial charge in [-0.05, 0) is 32.0 Å². The molecule has 1 aliphatic rings. The lowest BCUT2D eigenvalue weighted by Crippen LogP contribution is -2.33. The molecule has 1 N–H and O–H groups in total. The molecule has 0 amide bonds. The first-order valence-corrected chi connectivity index (χ1v) is 8.74. The van der Waals surface area contributed by atoms with E-state index in [0.29, 0.717) is 0 Å². The zero-order valence-electron chi connectivity index (χ0n) is 14.4. The number of rotatable bonds is 2. The maximum Gasteiger partial charge on any atom is 0.189 e. The van der Waals surface area contributed by atoms with E-state index in [2.05, 4.69) is 21.2 Å². The van der Waals surface area contributed by atoms with Crippen LogP contribution < -0.4 is 5.32 Å². The Kier molecular flexibility index (Phi) is 5.60. The summed E-state index contributed by atoms with van der Waals surface area (Å²) in [4.78, 5) is 23.2. The van der Waals surface area contributed by atoms with Gasteiger partial charge in [-0.2, -0.15) is 0 Å². The van der Waals surface area contributed by atoms with E-state index in [0.717, 1.165) is 21.3 Å². The number of hydrogen-bond donors (Lipinski definition) is 1. The molecule has 0 bridgehead atoms. The second-order valence-electron chi connectivity index (χ2n) is 6.62. The van der Waals surface area contributed by atoms with Crippen LogP contribution in [0.2, 0.25) is 0 Å². The average molecular weight is 388 g/mol. The number of benzene rings is 2. The quantitative estimate of drug-likeness (QED) is 0.705. The Morgan fingerprint density at radius 1 is 1.04 bits per heavy atom. The number of carbonyl (C=O) groups excluding carboxylic acids is 2. The maximum absolute atomic E-state index is 11.7. The van der Waals surface area contributed by atoms with Crippen LogP contribution in [0.5, 0.6) is 0 Å². The van der Waals surface area contributed by atoms with Crippen molar-refractivity contribution in [2.75, 3.05) is 5.32 Å². The molecule has 0 atom stereocenters. The summed E-state index contributed by atoms with van der Waals surface area (Å²) in [7, 11) is 0. The summed E-state index contributed by atoms with van der Waals surface area (Å²) in [6.45, 7) is 7.61. The first kappa shape index (κ1) is 18.4. The minimum atomic E-state index is -0.427. The highest BCUT2D eigenvalue weighted by Crippen LogP contribution is 2.31. The van der Waals surface area contributed by atoms with Crippen molar-refractivity contribution in [1.29, 1.82) is 0 Å². The molecule has 0 saturated carbocycles. The number of ketones is 2. The molecule has 126 valence electrons. The first-order valence-electron chi connectivity index (χ1n) is 7.95. The van der Waals surface area contributed by atoms with E-state index >= 15 is 0 Å². The number of para-hydroxylation sites is 1. The predicted octanol–water partition coefficient (Wildman–Crippen LogP) is 5.36. The summed E-state index contributed by atoms with van der Waals surface area (Å²) >= 11 is 3.34. The summed E-state index contributed by atoms with van der Waals surface area (Å²) in [5.41, 5.74) is 2.10. The highest BCUT2D eigenvalue weighted by atomic mass is 79.9. The van der Waals surface area contributed by atoms with Gasteiger partial charge in [0.15, 0.2) is 11.6 Å². The van der Waals surface area contributed by atoms with Gasteiger partial charge in [0.05, 0.1) is 5.54 Å². The highest BCUT2D eigenvalue weighted by molar-refractivity contribution is 9.10. The molecule has 0 aromatic heterocycles. The van der Waals surface area contributed by atoms with Crippen molar-refractivity contribution in [2.45, 2.75) is 33.2 Å². The molecule has 0 unspecified atom stereocenters. The number of halogens is 1. The molecule has 0 spiro atoms. The summed E-state index contributed by atoms with van der Waals surface area (Å²) in [6, 6.07) is 15.1. The lowest BCUT2D eigenvalue weighted by atomic mass is 9.99. The van der Waals surface area contributed by atoms with Crippen molar-refractivity contribution in [2.24, 2.45) is 5.92 Å². The lowest BCUT2D eigenvalue weighted by molar-refractivity contribution is 0.0932. The van der Waals surface area contributed by atoms with Crippen molar-refractivity contribution in [3.8, 4) is 0 Å². The van der Waals surface area contributed by atoms with E-state index in [-0.39, 0.29) is 17.5 Å². The molecular weight excluding hydrogens is 366 g/mol. The topological polar surface area (TPSA) is 46.2 Å². The zero-order valence-corrected chi connectivity index (χ0v) is 16.0. The Morgan fingerprint density at radius 3 is 2.21 bits per heavy atom. The molecule has 1 heterocycles. The second kappa shape index (κ2) is 7.31. The Labute approximate surface area is 151 Å². The number of hydrogen-bond acceptors (Lipinski definition) is 3. The van der Waals surface area contributed by atoms with E-state index in [9.17, 15) is 9.59 Å². The summed E-state index contributed by atoms with van der Waals surface area (Å²) < 4.78 is 0.878. The number of fused-ring (bicyclic) bond motifs is 1. The SMILES string of the molecule is CC(C)C(=O)c1ccccc1Br.CC1(C)Nc2ccccc2C1=O. The van der Waals surface area contributed by atoms with E-state index in [1.165, 1.54) is 0 Å². The Balaban J connectivity index is 0.000000174. The number of carbonyl (C=O) groups is 2. The predicted molar refractivity (Wildman–Crippen MR) is 102 cm³/mol. The second-order valence-corrected chi connectivity index (χ2v) is 7.48. The van der Waals surface area contributed by atoms with Gasteiger partial charge in [-0.1, -0.05) is 60.1 Å². The standard InChI is InChI=1S/C10H11BrO.C10H11NO/c1-7(2)10(12)8-5-3-4-6-9(8)11;1-10(2)9(12)7-5-3-4-6-8(7)11-10/h3-7H,1-2H3;3-6,11H,1-2H3. The van der Waals surface area contributed by atoms with Crippen LogP contribution in [0.3, 0.4) is 0 Å². The van der Waals surface area contributed by atoms with Gasteiger partial charge in [-0.25, -0.2) is 0 Å². The van der Waals surface area contributed by atoms with Gasteiger partial charge in [0.2, 0.25) is 0 Å². The molecule has 2 aromatic carbocycles. The van der Waals surface area contributed by atoms with Crippen LogP contribution in [0.4, 0.5) is 5.69 Å². The zero-order chi connectivity index (χ0) is 17.9.